The Morgan fingerprint density at radius 2 is 1.00 bits per heavy atom. The summed E-state index contributed by atoms with van der Waals surface area (Å²) in [6.45, 7) is 4.61. The molecule has 0 N–H and O–H groups in total. The largest absolute Gasteiger partial charge is 0.0502 e. The van der Waals surface area contributed by atoms with E-state index in [2.05, 4.69) is 6.92 Å². The van der Waals surface area contributed by atoms with Gasteiger partial charge in [0, 0.05) is 0 Å². The maximum atomic E-state index is 4.61. The first-order valence-corrected chi connectivity index (χ1v) is 6.59. The summed E-state index contributed by atoms with van der Waals surface area (Å²) in [4.78, 5) is 0. The van der Waals surface area contributed by atoms with Crippen LogP contribution in [0, 0.1) is 30.1 Å². The van der Waals surface area contributed by atoms with Crippen LogP contribution >= 0.6 is 0 Å². The number of hydrogen-bond donors (Lipinski definition) is 0. The summed E-state index contributed by atoms with van der Waals surface area (Å²) >= 11 is 0. The molecule has 0 heteroatoms. The lowest BCUT2D eigenvalue weighted by Gasteiger charge is -2.30. The molecule has 3 saturated carbocycles. The van der Waals surface area contributed by atoms with Crippen LogP contribution in [0.4, 0.5) is 0 Å². The second-order valence-electron chi connectivity index (χ2n) is 6.44. The van der Waals surface area contributed by atoms with E-state index < -0.39 is 0 Å². The number of rotatable bonds is 6. The topological polar surface area (TPSA) is 0 Å². The van der Waals surface area contributed by atoms with Gasteiger partial charge in [0.05, 0.1) is 0 Å². The SMILES string of the molecule is [CH2]C(CC1CC1)(CC1CC1)CC1CC1. The molecule has 3 aliphatic rings. The Morgan fingerprint density at radius 1 is 0.714 bits per heavy atom. The van der Waals surface area contributed by atoms with E-state index in [1.165, 1.54) is 57.8 Å². The highest BCUT2D eigenvalue weighted by Crippen LogP contribution is 2.53. The van der Waals surface area contributed by atoms with Crippen LogP contribution < -0.4 is 0 Å². The zero-order valence-electron chi connectivity index (χ0n) is 9.30. The third kappa shape index (κ3) is 2.52. The monoisotopic (exact) mass is 191 g/mol. The molecule has 3 rings (SSSR count). The first kappa shape index (κ1) is 9.24. The van der Waals surface area contributed by atoms with Gasteiger partial charge in [-0.1, -0.05) is 38.5 Å². The molecule has 0 aromatic heterocycles. The minimum Gasteiger partial charge on any atom is -0.0502 e. The molecule has 0 aliphatic heterocycles. The highest BCUT2D eigenvalue weighted by atomic mass is 14.5. The fraction of sp³-hybridized carbons (Fsp3) is 0.929. The predicted octanol–water partition coefficient (Wildman–Crippen LogP) is 4.21. The maximum absolute atomic E-state index is 4.61. The Labute approximate surface area is 88.5 Å². The van der Waals surface area contributed by atoms with Crippen LogP contribution in [-0.2, 0) is 0 Å². The molecule has 0 saturated heterocycles. The predicted molar refractivity (Wildman–Crippen MR) is 59.8 cm³/mol. The van der Waals surface area contributed by atoms with Gasteiger partial charge in [0.1, 0.15) is 0 Å². The van der Waals surface area contributed by atoms with E-state index in [0.29, 0.717) is 5.41 Å². The second kappa shape index (κ2) is 3.25. The minimum absolute atomic E-state index is 0.503. The molecule has 14 heavy (non-hydrogen) atoms. The average molecular weight is 191 g/mol. The average Bonchev–Trinajstić information content (AvgIpc) is 2.90. The molecule has 3 fully saturated rings. The van der Waals surface area contributed by atoms with Crippen molar-refractivity contribution in [3.05, 3.63) is 6.92 Å². The molecule has 1 radical (unpaired) electrons. The van der Waals surface area contributed by atoms with Crippen LogP contribution in [0.3, 0.4) is 0 Å². The van der Waals surface area contributed by atoms with Crippen molar-refractivity contribution in [2.75, 3.05) is 0 Å². The highest BCUT2D eigenvalue weighted by molar-refractivity contribution is 4.96. The van der Waals surface area contributed by atoms with Crippen molar-refractivity contribution in [1.29, 1.82) is 0 Å². The molecule has 0 unspecified atom stereocenters. The molecule has 0 bridgehead atoms. The Balaban J connectivity index is 1.56. The molecule has 0 spiro atoms. The van der Waals surface area contributed by atoms with E-state index in [9.17, 15) is 0 Å². The quantitative estimate of drug-likeness (QED) is 0.590. The fourth-order valence-corrected chi connectivity index (χ4v) is 3.05. The van der Waals surface area contributed by atoms with Crippen molar-refractivity contribution >= 4 is 0 Å². The lowest BCUT2D eigenvalue weighted by molar-refractivity contribution is 0.248. The van der Waals surface area contributed by atoms with Gasteiger partial charge in [0.15, 0.2) is 0 Å². The van der Waals surface area contributed by atoms with Gasteiger partial charge in [0.2, 0.25) is 0 Å². The third-order valence-electron chi connectivity index (χ3n) is 4.26. The van der Waals surface area contributed by atoms with E-state index in [1.54, 1.807) is 0 Å². The van der Waals surface area contributed by atoms with Gasteiger partial charge in [-0.05, 0) is 49.4 Å². The van der Waals surface area contributed by atoms with E-state index in [-0.39, 0.29) is 0 Å². The van der Waals surface area contributed by atoms with Crippen molar-refractivity contribution in [3.63, 3.8) is 0 Å². The van der Waals surface area contributed by atoms with Crippen LogP contribution in [0.1, 0.15) is 57.8 Å². The maximum Gasteiger partial charge on any atom is -0.0289 e. The molecule has 0 heterocycles. The van der Waals surface area contributed by atoms with E-state index in [0.717, 1.165) is 17.8 Å². The van der Waals surface area contributed by atoms with Gasteiger partial charge in [-0.3, -0.25) is 0 Å². The van der Waals surface area contributed by atoms with Crippen LogP contribution in [-0.4, -0.2) is 0 Å². The van der Waals surface area contributed by atoms with Crippen molar-refractivity contribution in [2.24, 2.45) is 23.2 Å². The normalized spacial score (nSPS) is 28.1. The van der Waals surface area contributed by atoms with Gasteiger partial charge >= 0.3 is 0 Å². The summed E-state index contributed by atoms with van der Waals surface area (Å²) in [7, 11) is 0. The third-order valence-corrected chi connectivity index (χ3v) is 4.26. The Hall–Kier alpha value is 0. The minimum atomic E-state index is 0.503. The lowest BCUT2D eigenvalue weighted by Crippen LogP contribution is -2.19. The molecular weight excluding hydrogens is 168 g/mol. The molecule has 0 atom stereocenters. The van der Waals surface area contributed by atoms with Crippen LogP contribution in [0.5, 0.6) is 0 Å². The summed E-state index contributed by atoms with van der Waals surface area (Å²) in [5, 5.41) is 0. The Morgan fingerprint density at radius 3 is 1.21 bits per heavy atom. The van der Waals surface area contributed by atoms with Gasteiger partial charge < -0.3 is 0 Å². The Kier molecular flexibility index (Phi) is 2.15. The molecule has 0 aromatic carbocycles. The smallest absolute Gasteiger partial charge is 0.0289 e. The molecule has 3 aliphatic carbocycles. The summed E-state index contributed by atoms with van der Waals surface area (Å²) < 4.78 is 0. The number of hydrogen-bond acceptors (Lipinski definition) is 0. The lowest BCUT2D eigenvalue weighted by atomic mass is 9.75. The summed E-state index contributed by atoms with van der Waals surface area (Å²) in [5.74, 6) is 3.22. The molecular formula is C14H23. The molecule has 0 amide bonds. The summed E-state index contributed by atoms with van der Waals surface area (Å²) in [5.41, 5.74) is 0.503. The van der Waals surface area contributed by atoms with E-state index in [1.807, 2.05) is 0 Å². The molecule has 79 valence electrons. The molecule has 0 aromatic rings. The standard InChI is InChI=1S/C14H23/c1-14(8-11-2-3-11,9-12-4-5-12)10-13-6-7-13/h11-13H,1-10H2. The van der Waals surface area contributed by atoms with E-state index in [4.69, 9.17) is 0 Å². The zero-order valence-corrected chi connectivity index (χ0v) is 9.30. The van der Waals surface area contributed by atoms with E-state index >= 15 is 0 Å². The van der Waals surface area contributed by atoms with Crippen molar-refractivity contribution in [3.8, 4) is 0 Å². The molecule has 0 nitrogen and oxygen atoms in total. The van der Waals surface area contributed by atoms with Crippen molar-refractivity contribution in [1.82, 2.24) is 0 Å². The van der Waals surface area contributed by atoms with Gasteiger partial charge in [-0.2, -0.15) is 0 Å². The summed E-state index contributed by atoms with van der Waals surface area (Å²) in [6.07, 6.45) is 13.4. The first-order chi connectivity index (χ1) is 6.73. The van der Waals surface area contributed by atoms with Gasteiger partial charge in [-0.25, -0.2) is 0 Å². The van der Waals surface area contributed by atoms with Crippen LogP contribution in [0.15, 0.2) is 0 Å². The van der Waals surface area contributed by atoms with Crippen LogP contribution in [0.25, 0.3) is 0 Å². The highest BCUT2D eigenvalue weighted by Gasteiger charge is 2.40. The van der Waals surface area contributed by atoms with Crippen molar-refractivity contribution < 1.29 is 0 Å². The first-order valence-electron chi connectivity index (χ1n) is 6.59. The van der Waals surface area contributed by atoms with Gasteiger partial charge in [-0.15, -0.1) is 0 Å². The fourth-order valence-electron chi connectivity index (χ4n) is 3.05. The van der Waals surface area contributed by atoms with Crippen LogP contribution in [0.2, 0.25) is 0 Å². The van der Waals surface area contributed by atoms with Crippen molar-refractivity contribution in [2.45, 2.75) is 57.8 Å². The van der Waals surface area contributed by atoms with Gasteiger partial charge in [0.25, 0.3) is 0 Å². The second-order valence-corrected chi connectivity index (χ2v) is 6.44. The zero-order chi connectivity index (χ0) is 9.60. The Bertz CT molecular complexity index is 170. The summed E-state index contributed by atoms with van der Waals surface area (Å²) in [6, 6.07) is 0.